The molecule has 1 aliphatic carbocycles. The van der Waals surface area contributed by atoms with E-state index in [1.807, 2.05) is 18.2 Å². The van der Waals surface area contributed by atoms with Crippen LogP contribution in [0.5, 0.6) is 0 Å². The van der Waals surface area contributed by atoms with E-state index in [9.17, 15) is 5.11 Å². The number of aromatic nitrogens is 3. The van der Waals surface area contributed by atoms with Crippen molar-refractivity contribution in [3.63, 3.8) is 0 Å². The average molecular weight is 293 g/mol. The molecule has 1 aliphatic rings. The molecule has 20 heavy (non-hydrogen) atoms. The van der Waals surface area contributed by atoms with Crippen LogP contribution in [0.1, 0.15) is 20.3 Å². The van der Waals surface area contributed by atoms with Crippen molar-refractivity contribution in [2.24, 2.45) is 5.41 Å². The second kappa shape index (κ2) is 4.75. The Labute approximate surface area is 122 Å². The minimum Gasteiger partial charge on any atom is -0.392 e. The minimum absolute atomic E-state index is 0.151. The van der Waals surface area contributed by atoms with E-state index in [1.54, 1.807) is 11.0 Å². The van der Waals surface area contributed by atoms with E-state index >= 15 is 0 Å². The van der Waals surface area contributed by atoms with Crippen molar-refractivity contribution < 1.29 is 5.11 Å². The Morgan fingerprint density at radius 1 is 1.45 bits per heavy atom. The summed E-state index contributed by atoms with van der Waals surface area (Å²) in [6, 6.07) is 5.81. The average Bonchev–Trinajstić information content (AvgIpc) is 2.92. The fourth-order valence-electron chi connectivity index (χ4n) is 2.49. The summed E-state index contributed by atoms with van der Waals surface area (Å²) < 4.78 is 1.70. The summed E-state index contributed by atoms with van der Waals surface area (Å²) in [7, 11) is 0. The number of anilines is 1. The van der Waals surface area contributed by atoms with Crippen molar-refractivity contribution in [1.29, 1.82) is 0 Å². The minimum atomic E-state index is -0.269. The number of rotatable bonds is 3. The molecule has 0 amide bonds. The van der Waals surface area contributed by atoms with Crippen LogP contribution in [0.2, 0.25) is 5.02 Å². The Morgan fingerprint density at radius 3 is 2.85 bits per heavy atom. The Morgan fingerprint density at radius 2 is 2.25 bits per heavy atom. The van der Waals surface area contributed by atoms with Gasteiger partial charge in [0.25, 0.3) is 0 Å². The first-order chi connectivity index (χ1) is 9.48. The van der Waals surface area contributed by atoms with Crippen molar-refractivity contribution in [2.45, 2.75) is 32.4 Å². The van der Waals surface area contributed by atoms with Crippen molar-refractivity contribution in [3.8, 4) is 5.69 Å². The van der Waals surface area contributed by atoms with Gasteiger partial charge in [-0.2, -0.15) is 5.10 Å². The van der Waals surface area contributed by atoms with Crippen LogP contribution < -0.4 is 5.32 Å². The highest BCUT2D eigenvalue weighted by atomic mass is 35.5. The number of nitrogens with one attached hydrogen (secondary N) is 1. The summed E-state index contributed by atoms with van der Waals surface area (Å²) in [4.78, 5) is 3.97. The molecule has 1 saturated carbocycles. The zero-order chi connectivity index (χ0) is 14.3. The van der Waals surface area contributed by atoms with E-state index in [0.29, 0.717) is 5.02 Å². The monoisotopic (exact) mass is 292 g/mol. The van der Waals surface area contributed by atoms with Crippen molar-refractivity contribution in [3.05, 3.63) is 35.9 Å². The lowest BCUT2D eigenvalue weighted by molar-refractivity contribution is -0.0510. The predicted molar refractivity (Wildman–Crippen MR) is 78.2 cm³/mol. The van der Waals surface area contributed by atoms with Crippen LogP contribution in [0.3, 0.4) is 0 Å². The summed E-state index contributed by atoms with van der Waals surface area (Å²) in [6.07, 6.45) is 3.61. The van der Waals surface area contributed by atoms with Gasteiger partial charge in [0.2, 0.25) is 0 Å². The van der Waals surface area contributed by atoms with E-state index in [2.05, 4.69) is 29.2 Å². The molecule has 0 bridgehead atoms. The number of hydrogen-bond acceptors (Lipinski definition) is 4. The smallest absolute Gasteiger partial charge is 0.138 e. The van der Waals surface area contributed by atoms with Crippen LogP contribution in [0, 0.1) is 5.41 Å². The van der Waals surface area contributed by atoms with Gasteiger partial charge in [0.1, 0.15) is 12.7 Å². The van der Waals surface area contributed by atoms with Gasteiger partial charge in [0.05, 0.1) is 17.5 Å². The molecule has 0 spiro atoms. The quantitative estimate of drug-likeness (QED) is 0.912. The van der Waals surface area contributed by atoms with Crippen molar-refractivity contribution in [1.82, 2.24) is 14.8 Å². The highest BCUT2D eigenvalue weighted by Crippen LogP contribution is 2.43. The number of aliphatic hydroxyl groups is 1. The first kappa shape index (κ1) is 13.4. The zero-order valence-corrected chi connectivity index (χ0v) is 12.2. The molecule has 3 rings (SSSR count). The molecule has 1 aromatic heterocycles. The fourth-order valence-corrected chi connectivity index (χ4v) is 2.66. The summed E-state index contributed by atoms with van der Waals surface area (Å²) in [5, 5.41) is 18.1. The topological polar surface area (TPSA) is 63.0 Å². The third-order valence-corrected chi connectivity index (χ3v) is 4.40. The van der Waals surface area contributed by atoms with Crippen LogP contribution in [0.25, 0.3) is 5.69 Å². The lowest BCUT2D eigenvalue weighted by Gasteiger charge is -2.50. The lowest BCUT2D eigenvalue weighted by atomic mass is 9.64. The Balaban J connectivity index is 1.91. The zero-order valence-electron chi connectivity index (χ0n) is 11.4. The van der Waals surface area contributed by atoms with Crippen LogP contribution in [0.15, 0.2) is 30.9 Å². The highest BCUT2D eigenvalue weighted by molar-refractivity contribution is 6.31. The van der Waals surface area contributed by atoms with Crippen LogP contribution in [0.4, 0.5) is 5.69 Å². The maximum absolute atomic E-state index is 9.84. The van der Waals surface area contributed by atoms with E-state index in [-0.39, 0.29) is 17.6 Å². The van der Waals surface area contributed by atoms with Gasteiger partial charge in [-0.3, -0.25) is 0 Å². The van der Waals surface area contributed by atoms with E-state index in [4.69, 9.17) is 11.6 Å². The standard InChI is InChI=1S/C14H17ClN4O/c1-14(2)12(6-13(14)20)18-10-5-9(15)3-4-11(10)19-8-16-7-17-19/h3-5,7-8,12-13,18,20H,6H2,1-2H3. The van der Waals surface area contributed by atoms with Gasteiger partial charge in [-0.15, -0.1) is 0 Å². The third-order valence-electron chi connectivity index (χ3n) is 4.17. The molecule has 6 heteroatoms. The number of aliphatic hydroxyl groups excluding tert-OH is 1. The molecule has 2 N–H and O–H groups in total. The van der Waals surface area contributed by atoms with E-state index < -0.39 is 0 Å². The van der Waals surface area contributed by atoms with Crippen molar-refractivity contribution in [2.75, 3.05) is 5.32 Å². The Kier molecular flexibility index (Phi) is 3.18. The molecular weight excluding hydrogens is 276 g/mol. The van der Waals surface area contributed by atoms with Gasteiger partial charge in [-0.1, -0.05) is 25.4 Å². The SMILES string of the molecule is CC1(C)C(O)CC1Nc1cc(Cl)ccc1-n1cncn1. The van der Waals surface area contributed by atoms with Gasteiger partial charge in [0, 0.05) is 16.5 Å². The molecule has 0 aliphatic heterocycles. The highest BCUT2D eigenvalue weighted by Gasteiger charge is 2.47. The van der Waals surface area contributed by atoms with Crippen LogP contribution in [-0.2, 0) is 0 Å². The Bertz CT molecular complexity index is 612. The molecule has 5 nitrogen and oxygen atoms in total. The molecule has 1 fully saturated rings. The molecule has 1 heterocycles. The number of nitrogens with zero attached hydrogens (tertiary/aromatic N) is 3. The normalized spacial score (nSPS) is 24.2. The molecule has 2 atom stereocenters. The maximum atomic E-state index is 9.84. The first-order valence-electron chi connectivity index (χ1n) is 6.57. The second-order valence-electron chi connectivity index (χ2n) is 5.77. The molecule has 0 radical (unpaired) electrons. The molecule has 2 aromatic rings. The lowest BCUT2D eigenvalue weighted by Crippen LogP contribution is -2.57. The first-order valence-corrected chi connectivity index (χ1v) is 6.95. The van der Waals surface area contributed by atoms with Crippen molar-refractivity contribution >= 4 is 17.3 Å². The third kappa shape index (κ3) is 2.17. The predicted octanol–water partition coefficient (Wildman–Crippen LogP) is 2.49. The summed E-state index contributed by atoms with van der Waals surface area (Å²) in [6.45, 7) is 4.11. The van der Waals surface area contributed by atoms with E-state index in [1.165, 1.54) is 6.33 Å². The fraction of sp³-hybridized carbons (Fsp3) is 0.429. The van der Waals surface area contributed by atoms with Gasteiger partial charge >= 0.3 is 0 Å². The van der Waals surface area contributed by atoms with E-state index in [0.717, 1.165) is 17.8 Å². The van der Waals surface area contributed by atoms with Crippen LogP contribution in [-0.4, -0.2) is 32.0 Å². The van der Waals surface area contributed by atoms with Gasteiger partial charge in [0.15, 0.2) is 0 Å². The summed E-state index contributed by atoms with van der Waals surface area (Å²) in [5.74, 6) is 0. The Hall–Kier alpha value is -1.59. The molecule has 106 valence electrons. The summed E-state index contributed by atoms with van der Waals surface area (Å²) >= 11 is 6.09. The molecule has 1 aromatic carbocycles. The molecular formula is C14H17ClN4O. The van der Waals surface area contributed by atoms with Gasteiger partial charge in [-0.25, -0.2) is 9.67 Å². The second-order valence-corrected chi connectivity index (χ2v) is 6.21. The van der Waals surface area contributed by atoms with Gasteiger partial charge in [-0.05, 0) is 24.6 Å². The number of halogens is 1. The van der Waals surface area contributed by atoms with Crippen LogP contribution >= 0.6 is 11.6 Å². The maximum Gasteiger partial charge on any atom is 0.138 e. The molecule has 2 unspecified atom stereocenters. The summed E-state index contributed by atoms with van der Waals surface area (Å²) in [5.41, 5.74) is 1.64. The van der Waals surface area contributed by atoms with Gasteiger partial charge < -0.3 is 10.4 Å². The number of hydrogen-bond donors (Lipinski definition) is 2. The molecule has 0 saturated heterocycles. The number of benzene rings is 1. The largest absolute Gasteiger partial charge is 0.392 e.